The fourth-order valence-electron chi connectivity index (χ4n) is 3.28. The van der Waals surface area contributed by atoms with Crippen LogP contribution in [0.2, 0.25) is 5.02 Å². The minimum Gasteiger partial charge on any atom is -0.368 e. The van der Waals surface area contributed by atoms with Crippen molar-refractivity contribution in [1.82, 2.24) is 15.2 Å². The number of nitrogens with zero attached hydrogens (tertiary/aromatic N) is 2. The first-order valence-corrected chi connectivity index (χ1v) is 10.5. The second-order valence-corrected chi connectivity index (χ2v) is 8.36. The summed E-state index contributed by atoms with van der Waals surface area (Å²) in [5.74, 6) is -0.138. The molecule has 9 heteroatoms. The van der Waals surface area contributed by atoms with Gasteiger partial charge >= 0.3 is 6.03 Å². The summed E-state index contributed by atoms with van der Waals surface area (Å²) in [6.07, 6.45) is 1.96. The van der Waals surface area contributed by atoms with Gasteiger partial charge in [0.1, 0.15) is 6.10 Å². The van der Waals surface area contributed by atoms with Crippen LogP contribution in [0.1, 0.15) is 29.0 Å². The normalized spacial score (nSPS) is 18.6. The van der Waals surface area contributed by atoms with E-state index >= 15 is 0 Å². The molecular formula is C19H21ClN4O3S. The van der Waals surface area contributed by atoms with Crippen molar-refractivity contribution in [3.8, 4) is 0 Å². The van der Waals surface area contributed by atoms with E-state index in [9.17, 15) is 9.59 Å². The largest absolute Gasteiger partial charge is 0.368 e. The van der Waals surface area contributed by atoms with Crippen LogP contribution >= 0.6 is 22.9 Å². The summed E-state index contributed by atoms with van der Waals surface area (Å²) in [5, 5.41) is 7.04. The number of hydrogen-bond donors (Lipinski definition) is 2. The predicted octanol–water partition coefficient (Wildman–Crippen LogP) is 3.18. The average molecular weight is 421 g/mol. The molecule has 3 amide bonds. The molecule has 0 aliphatic carbocycles. The minimum atomic E-state index is -0.379. The summed E-state index contributed by atoms with van der Waals surface area (Å²) in [7, 11) is 0. The van der Waals surface area contributed by atoms with Crippen LogP contribution in [0, 0.1) is 0 Å². The summed E-state index contributed by atoms with van der Waals surface area (Å²) < 4.78 is 5.40. The number of thiazole rings is 1. The second-order valence-electron chi connectivity index (χ2n) is 6.84. The topological polar surface area (TPSA) is 83.6 Å². The van der Waals surface area contributed by atoms with Crippen molar-refractivity contribution in [1.29, 1.82) is 0 Å². The number of rotatable bonds is 4. The molecule has 2 N–H and O–H groups in total. The number of ether oxygens (including phenoxy) is 1. The molecule has 3 heterocycles. The third-order valence-corrected chi connectivity index (χ3v) is 6.08. The molecule has 0 radical (unpaired) electrons. The smallest absolute Gasteiger partial charge is 0.318 e. The number of aromatic nitrogens is 1. The number of amides is 3. The van der Waals surface area contributed by atoms with Crippen LogP contribution in [0.5, 0.6) is 0 Å². The van der Waals surface area contributed by atoms with E-state index < -0.39 is 0 Å². The molecule has 7 nitrogen and oxygen atoms in total. The van der Waals surface area contributed by atoms with Crippen LogP contribution in [0.25, 0.3) is 0 Å². The molecule has 148 valence electrons. The Balaban J connectivity index is 1.32. The maximum atomic E-state index is 12.5. The maximum Gasteiger partial charge on any atom is 0.318 e. The van der Waals surface area contributed by atoms with Crippen LogP contribution in [-0.2, 0) is 29.0 Å². The molecule has 0 saturated carbocycles. The van der Waals surface area contributed by atoms with Gasteiger partial charge < -0.3 is 15.0 Å². The fraction of sp³-hybridized carbons (Fsp3) is 0.421. The molecule has 2 aromatic rings. The van der Waals surface area contributed by atoms with Crippen molar-refractivity contribution >= 4 is 40.0 Å². The molecule has 1 saturated heterocycles. The Hall–Kier alpha value is -2.16. The fourth-order valence-corrected chi connectivity index (χ4v) is 4.44. The number of hydrogen-bond acceptors (Lipinski definition) is 5. The molecule has 1 atom stereocenters. The Morgan fingerprint density at radius 3 is 2.89 bits per heavy atom. The Kier molecular flexibility index (Phi) is 5.79. The monoisotopic (exact) mass is 420 g/mol. The van der Waals surface area contributed by atoms with Gasteiger partial charge in [0.05, 0.1) is 12.2 Å². The number of fused-ring (bicyclic) bond motifs is 1. The molecule has 4 rings (SSSR count). The molecular weight excluding hydrogens is 400 g/mol. The summed E-state index contributed by atoms with van der Waals surface area (Å²) >= 11 is 7.31. The number of benzene rings is 1. The summed E-state index contributed by atoms with van der Waals surface area (Å²) in [5.41, 5.74) is 1.95. The highest BCUT2D eigenvalue weighted by Gasteiger charge is 2.27. The molecule has 2 aliphatic heterocycles. The first-order chi connectivity index (χ1) is 13.6. The lowest BCUT2D eigenvalue weighted by Gasteiger charge is -2.26. The molecule has 1 aromatic heterocycles. The Morgan fingerprint density at radius 1 is 1.32 bits per heavy atom. The van der Waals surface area contributed by atoms with E-state index in [0.29, 0.717) is 42.8 Å². The lowest BCUT2D eigenvalue weighted by molar-refractivity contribution is -0.124. The number of halogens is 1. The molecule has 1 fully saturated rings. The van der Waals surface area contributed by atoms with Gasteiger partial charge in [0.2, 0.25) is 0 Å². The van der Waals surface area contributed by atoms with Gasteiger partial charge in [0.15, 0.2) is 5.13 Å². The molecule has 1 unspecified atom stereocenters. The van der Waals surface area contributed by atoms with Crippen molar-refractivity contribution in [2.45, 2.75) is 38.5 Å². The zero-order chi connectivity index (χ0) is 19.5. The van der Waals surface area contributed by atoms with Crippen molar-refractivity contribution in [3.63, 3.8) is 0 Å². The first-order valence-electron chi connectivity index (χ1n) is 9.27. The van der Waals surface area contributed by atoms with Crippen molar-refractivity contribution in [2.75, 3.05) is 18.5 Å². The van der Waals surface area contributed by atoms with E-state index in [-0.39, 0.29) is 18.0 Å². The van der Waals surface area contributed by atoms with E-state index in [0.717, 1.165) is 29.0 Å². The van der Waals surface area contributed by atoms with Gasteiger partial charge in [-0.05, 0) is 30.5 Å². The van der Waals surface area contributed by atoms with Gasteiger partial charge in [-0.3, -0.25) is 10.1 Å². The maximum absolute atomic E-state index is 12.5. The van der Waals surface area contributed by atoms with Crippen LogP contribution < -0.4 is 10.6 Å². The summed E-state index contributed by atoms with van der Waals surface area (Å²) in [6, 6.07) is 7.28. The van der Waals surface area contributed by atoms with E-state index in [4.69, 9.17) is 16.3 Å². The van der Waals surface area contributed by atoms with Gasteiger partial charge in [0, 0.05) is 36.0 Å². The standard InChI is InChI=1S/C19H21ClN4O3S/c20-13-5-3-12(4-6-13)10-21-19(26)24-8-7-14-16(11-24)28-18(22-14)23-17(25)15-2-1-9-27-15/h3-6,15H,1-2,7-11H2,(H,21,26)(H,22,23,25). The molecule has 0 spiro atoms. The molecule has 0 bridgehead atoms. The second kappa shape index (κ2) is 8.46. The molecule has 28 heavy (non-hydrogen) atoms. The highest BCUT2D eigenvalue weighted by molar-refractivity contribution is 7.15. The Bertz CT molecular complexity index is 865. The number of nitrogens with one attached hydrogen (secondary N) is 2. The third kappa shape index (κ3) is 4.45. The Labute approximate surface area is 172 Å². The molecule has 2 aliphatic rings. The number of anilines is 1. The lowest BCUT2D eigenvalue weighted by atomic mass is 10.2. The van der Waals surface area contributed by atoms with E-state index in [2.05, 4.69) is 15.6 Å². The number of urea groups is 1. The van der Waals surface area contributed by atoms with Crippen molar-refractivity contribution in [2.24, 2.45) is 0 Å². The highest BCUT2D eigenvalue weighted by atomic mass is 35.5. The SMILES string of the molecule is O=C(Nc1nc2c(s1)CN(C(=O)NCc1ccc(Cl)cc1)CC2)C1CCCO1. The van der Waals surface area contributed by atoms with Crippen LogP contribution in [0.15, 0.2) is 24.3 Å². The van der Waals surface area contributed by atoms with Crippen molar-refractivity contribution < 1.29 is 14.3 Å². The van der Waals surface area contributed by atoms with E-state index in [1.54, 1.807) is 17.0 Å². The van der Waals surface area contributed by atoms with E-state index in [1.165, 1.54) is 11.3 Å². The van der Waals surface area contributed by atoms with E-state index in [1.807, 2.05) is 12.1 Å². The van der Waals surface area contributed by atoms with Crippen LogP contribution in [0.4, 0.5) is 9.93 Å². The van der Waals surface area contributed by atoms with Crippen molar-refractivity contribution in [3.05, 3.63) is 45.4 Å². The average Bonchev–Trinajstić information content (AvgIpc) is 3.36. The van der Waals surface area contributed by atoms with Crippen LogP contribution in [0.3, 0.4) is 0 Å². The Morgan fingerprint density at radius 2 is 2.14 bits per heavy atom. The summed E-state index contributed by atoms with van der Waals surface area (Å²) in [4.78, 5) is 32.0. The predicted molar refractivity (Wildman–Crippen MR) is 108 cm³/mol. The number of carbonyl (C=O) groups is 2. The first kappa shape index (κ1) is 19.2. The van der Waals surface area contributed by atoms with Crippen LogP contribution in [-0.4, -0.2) is 41.1 Å². The zero-order valence-corrected chi connectivity index (χ0v) is 16.8. The highest BCUT2D eigenvalue weighted by Crippen LogP contribution is 2.29. The summed E-state index contributed by atoms with van der Waals surface area (Å²) in [6.45, 7) is 2.18. The quantitative estimate of drug-likeness (QED) is 0.795. The van der Waals surface area contributed by atoms with Gasteiger partial charge in [-0.1, -0.05) is 35.1 Å². The lowest BCUT2D eigenvalue weighted by Crippen LogP contribution is -2.42. The van der Waals surface area contributed by atoms with Gasteiger partial charge in [0.25, 0.3) is 5.91 Å². The van der Waals surface area contributed by atoms with Gasteiger partial charge in [-0.25, -0.2) is 9.78 Å². The molecule has 1 aromatic carbocycles. The van der Waals surface area contributed by atoms with Gasteiger partial charge in [-0.2, -0.15) is 0 Å². The van der Waals surface area contributed by atoms with Gasteiger partial charge in [-0.15, -0.1) is 0 Å². The third-order valence-electron chi connectivity index (χ3n) is 4.83. The number of carbonyl (C=O) groups excluding carboxylic acids is 2. The minimum absolute atomic E-state index is 0.112. The zero-order valence-electron chi connectivity index (χ0n) is 15.2.